The highest BCUT2D eigenvalue weighted by molar-refractivity contribution is 5.80. The molecule has 1 fully saturated rings. The Bertz CT molecular complexity index is 700. The SMILES string of the molecule is CC(=O)N(CC(=O)O)C1CCCN(C(=O)CC(C)n2nc(C)cc2C)CC1. The number of likely N-dealkylation sites (tertiary alicyclic amines) is 1. The van der Waals surface area contributed by atoms with Gasteiger partial charge in [0.15, 0.2) is 0 Å². The van der Waals surface area contributed by atoms with Crippen LogP contribution in [-0.2, 0) is 14.4 Å². The smallest absolute Gasteiger partial charge is 0.323 e. The van der Waals surface area contributed by atoms with E-state index >= 15 is 0 Å². The largest absolute Gasteiger partial charge is 0.480 e. The molecule has 0 bridgehead atoms. The van der Waals surface area contributed by atoms with Crippen molar-refractivity contribution in [2.45, 2.75) is 65.5 Å². The molecule has 0 aliphatic carbocycles. The molecule has 8 heteroatoms. The van der Waals surface area contributed by atoms with Crippen LogP contribution in [0.3, 0.4) is 0 Å². The van der Waals surface area contributed by atoms with Crippen molar-refractivity contribution < 1.29 is 19.5 Å². The Hall–Kier alpha value is -2.38. The summed E-state index contributed by atoms with van der Waals surface area (Å²) in [5.74, 6) is -1.18. The molecule has 1 aromatic rings. The molecule has 0 radical (unpaired) electrons. The molecule has 0 aromatic carbocycles. The standard InChI is InChI=1S/C19H30N4O4/c1-13-10-14(2)23(20-13)15(3)11-18(25)21-8-5-6-17(7-9-21)22(16(4)24)12-19(26)27/h10,15,17H,5-9,11-12H2,1-4H3,(H,26,27). The molecule has 1 N–H and O–H groups in total. The quantitative estimate of drug-likeness (QED) is 0.814. The molecule has 1 aromatic heterocycles. The zero-order valence-electron chi connectivity index (χ0n) is 16.6. The molecule has 2 amide bonds. The van der Waals surface area contributed by atoms with Crippen LogP contribution in [0, 0.1) is 13.8 Å². The number of carbonyl (C=O) groups is 3. The number of rotatable bonds is 6. The Labute approximate surface area is 160 Å². The van der Waals surface area contributed by atoms with Gasteiger partial charge >= 0.3 is 5.97 Å². The van der Waals surface area contributed by atoms with Gasteiger partial charge in [0.1, 0.15) is 6.54 Å². The number of carboxylic acids is 1. The molecule has 1 aliphatic rings. The molecule has 2 unspecified atom stereocenters. The van der Waals surface area contributed by atoms with E-state index in [1.54, 1.807) is 0 Å². The van der Waals surface area contributed by atoms with Crippen LogP contribution in [0.5, 0.6) is 0 Å². The zero-order chi connectivity index (χ0) is 20.1. The van der Waals surface area contributed by atoms with Crippen LogP contribution in [-0.4, -0.2) is 68.1 Å². The summed E-state index contributed by atoms with van der Waals surface area (Å²) in [5, 5.41) is 13.5. The summed E-state index contributed by atoms with van der Waals surface area (Å²) in [5.41, 5.74) is 1.97. The first kappa shape index (κ1) is 20.9. The minimum Gasteiger partial charge on any atom is -0.480 e. The lowest BCUT2D eigenvalue weighted by molar-refractivity contribution is -0.145. The third-order valence-corrected chi connectivity index (χ3v) is 5.13. The van der Waals surface area contributed by atoms with Crippen LogP contribution in [0.1, 0.15) is 57.0 Å². The van der Waals surface area contributed by atoms with Crippen LogP contribution in [0.25, 0.3) is 0 Å². The van der Waals surface area contributed by atoms with Crippen molar-refractivity contribution in [2.24, 2.45) is 0 Å². The fourth-order valence-corrected chi connectivity index (χ4v) is 3.84. The van der Waals surface area contributed by atoms with Gasteiger partial charge in [0.05, 0.1) is 11.7 Å². The average molecular weight is 378 g/mol. The maximum Gasteiger partial charge on any atom is 0.323 e. The van der Waals surface area contributed by atoms with Crippen LogP contribution in [0.2, 0.25) is 0 Å². The number of carboxylic acid groups (broad SMARTS) is 1. The number of hydrogen-bond acceptors (Lipinski definition) is 4. The number of hydrogen-bond donors (Lipinski definition) is 1. The van der Waals surface area contributed by atoms with Gasteiger partial charge in [0.25, 0.3) is 0 Å². The van der Waals surface area contributed by atoms with Crippen molar-refractivity contribution in [1.82, 2.24) is 19.6 Å². The van der Waals surface area contributed by atoms with Crippen molar-refractivity contribution in [2.75, 3.05) is 19.6 Å². The second-order valence-electron chi connectivity index (χ2n) is 7.43. The van der Waals surface area contributed by atoms with Crippen LogP contribution in [0.4, 0.5) is 0 Å². The van der Waals surface area contributed by atoms with E-state index in [9.17, 15) is 14.4 Å². The second kappa shape index (κ2) is 9.01. The number of amides is 2. The number of carbonyl (C=O) groups excluding carboxylic acids is 2. The maximum absolute atomic E-state index is 12.8. The topological polar surface area (TPSA) is 95.7 Å². The van der Waals surface area contributed by atoms with E-state index < -0.39 is 5.97 Å². The lowest BCUT2D eigenvalue weighted by Gasteiger charge is -2.29. The van der Waals surface area contributed by atoms with Gasteiger partial charge in [0, 0.05) is 38.2 Å². The fraction of sp³-hybridized carbons (Fsp3) is 0.684. The molecule has 2 rings (SSSR count). The van der Waals surface area contributed by atoms with Gasteiger partial charge in [0.2, 0.25) is 11.8 Å². The lowest BCUT2D eigenvalue weighted by atomic mass is 10.1. The summed E-state index contributed by atoms with van der Waals surface area (Å²) in [4.78, 5) is 38.8. The third-order valence-electron chi connectivity index (χ3n) is 5.13. The van der Waals surface area contributed by atoms with Gasteiger partial charge in [-0.05, 0) is 46.1 Å². The minimum absolute atomic E-state index is 0.0222. The fourth-order valence-electron chi connectivity index (χ4n) is 3.84. The Kier molecular flexibility index (Phi) is 6.98. The molecule has 0 saturated carbocycles. The number of aryl methyl sites for hydroxylation is 2. The van der Waals surface area contributed by atoms with Crippen molar-refractivity contribution in [3.8, 4) is 0 Å². The Morgan fingerprint density at radius 3 is 2.56 bits per heavy atom. The zero-order valence-corrected chi connectivity index (χ0v) is 16.6. The molecule has 2 heterocycles. The molecule has 2 atom stereocenters. The normalized spacial score (nSPS) is 18.7. The first-order valence-corrected chi connectivity index (χ1v) is 9.48. The first-order valence-electron chi connectivity index (χ1n) is 9.48. The highest BCUT2D eigenvalue weighted by Crippen LogP contribution is 2.20. The predicted octanol–water partition coefficient (Wildman–Crippen LogP) is 1.77. The monoisotopic (exact) mass is 378 g/mol. The van der Waals surface area contributed by atoms with Crippen LogP contribution >= 0.6 is 0 Å². The summed E-state index contributed by atoms with van der Waals surface area (Å²) >= 11 is 0. The van der Waals surface area contributed by atoms with E-state index in [1.165, 1.54) is 11.8 Å². The predicted molar refractivity (Wildman–Crippen MR) is 100 cm³/mol. The van der Waals surface area contributed by atoms with Crippen molar-refractivity contribution in [1.29, 1.82) is 0 Å². The number of nitrogens with zero attached hydrogens (tertiary/aromatic N) is 4. The molecule has 150 valence electrons. The number of aliphatic carboxylic acids is 1. The van der Waals surface area contributed by atoms with Crippen molar-refractivity contribution >= 4 is 17.8 Å². The van der Waals surface area contributed by atoms with Gasteiger partial charge in [-0.25, -0.2) is 0 Å². The lowest BCUT2D eigenvalue weighted by Crippen LogP contribution is -2.43. The van der Waals surface area contributed by atoms with Gasteiger partial charge < -0.3 is 14.9 Å². The first-order chi connectivity index (χ1) is 12.7. The van der Waals surface area contributed by atoms with E-state index in [4.69, 9.17) is 5.11 Å². The summed E-state index contributed by atoms with van der Waals surface area (Å²) in [6.07, 6.45) is 2.45. The van der Waals surface area contributed by atoms with Crippen LogP contribution in [0.15, 0.2) is 6.07 Å². The molecule has 8 nitrogen and oxygen atoms in total. The highest BCUT2D eigenvalue weighted by atomic mass is 16.4. The average Bonchev–Trinajstić information content (AvgIpc) is 2.78. The van der Waals surface area contributed by atoms with Crippen molar-refractivity contribution in [3.63, 3.8) is 0 Å². The minimum atomic E-state index is -1.01. The Morgan fingerprint density at radius 2 is 2.00 bits per heavy atom. The molecular weight excluding hydrogens is 348 g/mol. The molecule has 27 heavy (non-hydrogen) atoms. The maximum atomic E-state index is 12.8. The van der Waals surface area contributed by atoms with Crippen LogP contribution < -0.4 is 0 Å². The number of aromatic nitrogens is 2. The van der Waals surface area contributed by atoms with E-state index in [0.717, 1.165) is 17.8 Å². The second-order valence-corrected chi connectivity index (χ2v) is 7.43. The van der Waals surface area contributed by atoms with Gasteiger partial charge in [-0.3, -0.25) is 19.1 Å². The molecular formula is C19H30N4O4. The molecule has 1 aliphatic heterocycles. The Balaban J connectivity index is 1.96. The highest BCUT2D eigenvalue weighted by Gasteiger charge is 2.28. The van der Waals surface area contributed by atoms with E-state index in [0.29, 0.717) is 32.4 Å². The van der Waals surface area contributed by atoms with Gasteiger partial charge in [-0.2, -0.15) is 5.10 Å². The van der Waals surface area contributed by atoms with E-state index in [-0.39, 0.29) is 30.4 Å². The summed E-state index contributed by atoms with van der Waals surface area (Å²) in [7, 11) is 0. The van der Waals surface area contributed by atoms with E-state index in [2.05, 4.69) is 5.10 Å². The van der Waals surface area contributed by atoms with E-state index in [1.807, 2.05) is 36.4 Å². The molecule has 0 spiro atoms. The van der Waals surface area contributed by atoms with Gasteiger partial charge in [-0.15, -0.1) is 0 Å². The third kappa shape index (κ3) is 5.55. The van der Waals surface area contributed by atoms with Gasteiger partial charge in [-0.1, -0.05) is 0 Å². The van der Waals surface area contributed by atoms with Crippen molar-refractivity contribution in [3.05, 3.63) is 17.5 Å². The summed E-state index contributed by atoms with van der Waals surface area (Å²) < 4.78 is 1.89. The molecule has 1 saturated heterocycles. The summed E-state index contributed by atoms with van der Waals surface area (Å²) in [6.45, 7) is 8.19. The summed E-state index contributed by atoms with van der Waals surface area (Å²) in [6, 6.07) is 1.84. The Morgan fingerprint density at radius 1 is 1.30 bits per heavy atom.